The number of rotatable bonds is 5. The summed E-state index contributed by atoms with van der Waals surface area (Å²) in [6.45, 7) is 1.87. The molecule has 0 heterocycles. The lowest BCUT2D eigenvalue weighted by Gasteiger charge is -2.07. The monoisotopic (exact) mass is 273 g/mol. The first kappa shape index (κ1) is 16.3. The quantitative estimate of drug-likeness (QED) is 0.625. The minimum Gasteiger partial charge on any atom is -0.352 e. The van der Waals surface area contributed by atoms with Gasteiger partial charge in [-0.2, -0.15) is 0 Å². The van der Waals surface area contributed by atoms with E-state index in [0.29, 0.717) is 5.56 Å². The summed E-state index contributed by atoms with van der Waals surface area (Å²) in [5.74, 6) is -0.210. The van der Waals surface area contributed by atoms with Crippen LogP contribution in [0.1, 0.15) is 18.9 Å². The summed E-state index contributed by atoms with van der Waals surface area (Å²) in [6.07, 6.45) is 0.209. The molecule has 7 heteroatoms. The number of amides is 1. The normalized spacial score (nSPS) is 11.2. The third-order valence-electron chi connectivity index (χ3n) is 2.17. The maximum Gasteiger partial charge on any atom is 0.274 e. The molecule has 1 rings (SSSR count). The van der Waals surface area contributed by atoms with Crippen molar-refractivity contribution in [3.05, 3.63) is 39.9 Å². The number of carbonyl (C=O) groups excluding carboxylic acids is 1. The van der Waals surface area contributed by atoms with Crippen LogP contribution in [0.4, 0.5) is 5.69 Å². The number of hydrogen-bond donors (Lipinski definition) is 2. The van der Waals surface area contributed by atoms with Crippen LogP contribution >= 0.6 is 12.4 Å². The lowest BCUT2D eigenvalue weighted by Crippen LogP contribution is -2.29. The Balaban J connectivity index is 0.00000289. The molecule has 1 aromatic carbocycles. The van der Waals surface area contributed by atoms with Crippen LogP contribution in [-0.2, 0) is 11.3 Å². The van der Waals surface area contributed by atoms with Gasteiger partial charge in [0.2, 0.25) is 5.91 Å². The van der Waals surface area contributed by atoms with Crippen molar-refractivity contribution in [2.24, 2.45) is 5.73 Å². The Morgan fingerprint density at radius 2 is 2.11 bits per heavy atom. The summed E-state index contributed by atoms with van der Waals surface area (Å²) in [7, 11) is 0. The molecule has 0 aliphatic heterocycles. The molecule has 6 nitrogen and oxygen atoms in total. The van der Waals surface area contributed by atoms with Gasteiger partial charge in [0.25, 0.3) is 5.69 Å². The molecule has 0 radical (unpaired) electrons. The van der Waals surface area contributed by atoms with Crippen molar-refractivity contribution in [2.45, 2.75) is 25.9 Å². The molecule has 0 saturated heterocycles. The Hall–Kier alpha value is -1.66. The first-order chi connectivity index (χ1) is 8.00. The number of nitro groups is 1. The number of hydrogen-bond acceptors (Lipinski definition) is 4. The van der Waals surface area contributed by atoms with Crippen LogP contribution in [-0.4, -0.2) is 16.9 Å². The Morgan fingerprint density at radius 3 is 2.67 bits per heavy atom. The van der Waals surface area contributed by atoms with Gasteiger partial charge in [-0.15, -0.1) is 12.4 Å². The zero-order chi connectivity index (χ0) is 12.8. The predicted octanol–water partition coefficient (Wildman–Crippen LogP) is 1.37. The van der Waals surface area contributed by atoms with E-state index in [0.717, 1.165) is 0 Å². The zero-order valence-electron chi connectivity index (χ0n) is 9.96. The van der Waals surface area contributed by atoms with E-state index < -0.39 is 4.92 Å². The van der Waals surface area contributed by atoms with E-state index >= 15 is 0 Å². The average Bonchev–Trinajstić information content (AvgIpc) is 2.25. The summed E-state index contributed by atoms with van der Waals surface area (Å²) >= 11 is 0. The lowest BCUT2D eigenvalue weighted by atomic mass is 10.1. The second-order valence-corrected chi connectivity index (χ2v) is 3.84. The highest BCUT2D eigenvalue weighted by Crippen LogP contribution is 2.16. The van der Waals surface area contributed by atoms with Crippen LogP contribution in [0.25, 0.3) is 0 Å². The highest BCUT2D eigenvalue weighted by molar-refractivity contribution is 5.85. The van der Waals surface area contributed by atoms with E-state index in [2.05, 4.69) is 5.32 Å². The first-order valence-electron chi connectivity index (χ1n) is 5.25. The van der Waals surface area contributed by atoms with E-state index in [-0.39, 0.29) is 43.0 Å². The molecular formula is C11H16ClN3O3. The SMILES string of the molecule is CC(N)CC(=O)NCc1ccccc1[N+](=O)[O-].Cl. The summed E-state index contributed by atoms with van der Waals surface area (Å²) in [5, 5.41) is 13.3. The van der Waals surface area contributed by atoms with Crippen molar-refractivity contribution in [3.63, 3.8) is 0 Å². The molecule has 0 fully saturated rings. The number of nitro benzene ring substituents is 1. The largest absolute Gasteiger partial charge is 0.352 e. The van der Waals surface area contributed by atoms with Gasteiger partial charge in [0, 0.05) is 30.6 Å². The molecule has 100 valence electrons. The second-order valence-electron chi connectivity index (χ2n) is 3.84. The molecule has 1 amide bonds. The molecule has 0 saturated carbocycles. The number of nitrogens with zero attached hydrogens (tertiary/aromatic N) is 1. The van der Waals surface area contributed by atoms with E-state index in [1.807, 2.05) is 0 Å². The van der Waals surface area contributed by atoms with Gasteiger partial charge >= 0.3 is 0 Å². The molecule has 0 aromatic heterocycles. The minimum absolute atomic E-state index is 0. The van der Waals surface area contributed by atoms with Crippen LogP contribution in [0, 0.1) is 10.1 Å². The molecule has 1 unspecified atom stereocenters. The molecule has 18 heavy (non-hydrogen) atoms. The van der Waals surface area contributed by atoms with Gasteiger partial charge in [0.15, 0.2) is 0 Å². The number of para-hydroxylation sites is 1. The van der Waals surface area contributed by atoms with Gasteiger partial charge in [-0.3, -0.25) is 14.9 Å². The van der Waals surface area contributed by atoms with Gasteiger partial charge in [0.05, 0.1) is 4.92 Å². The van der Waals surface area contributed by atoms with E-state index in [1.54, 1.807) is 25.1 Å². The third kappa shape index (κ3) is 5.11. The minimum atomic E-state index is -0.465. The van der Waals surface area contributed by atoms with Crippen molar-refractivity contribution >= 4 is 24.0 Å². The highest BCUT2D eigenvalue weighted by Gasteiger charge is 2.13. The van der Waals surface area contributed by atoms with Crippen LogP contribution in [0.15, 0.2) is 24.3 Å². The number of halogens is 1. The van der Waals surface area contributed by atoms with E-state index in [4.69, 9.17) is 5.73 Å². The summed E-state index contributed by atoms with van der Waals surface area (Å²) < 4.78 is 0. The summed E-state index contributed by atoms with van der Waals surface area (Å²) in [4.78, 5) is 21.6. The number of nitrogens with one attached hydrogen (secondary N) is 1. The fourth-order valence-electron chi connectivity index (χ4n) is 1.40. The summed E-state index contributed by atoms with van der Waals surface area (Å²) in [6, 6.07) is 6.09. The zero-order valence-corrected chi connectivity index (χ0v) is 10.8. The van der Waals surface area contributed by atoms with E-state index in [9.17, 15) is 14.9 Å². The molecule has 0 aliphatic carbocycles. The molecule has 1 aromatic rings. The maximum atomic E-state index is 11.3. The van der Waals surface area contributed by atoms with Gasteiger partial charge in [-0.05, 0) is 6.92 Å². The Morgan fingerprint density at radius 1 is 1.50 bits per heavy atom. The lowest BCUT2D eigenvalue weighted by molar-refractivity contribution is -0.385. The van der Waals surface area contributed by atoms with Crippen molar-refractivity contribution in [2.75, 3.05) is 0 Å². The van der Waals surface area contributed by atoms with Crippen LogP contribution in [0.5, 0.6) is 0 Å². The highest BCUT2D eigenvalue weighted by atomic mass is 35.5. The van der Waals surface area contributed by atoms with Crippen molar-refractivity contribution in [1.29, 1.82) is 0 Å². The van der Waals surface area contributed by atoms with Gasteiger partial charge in [-0.1, -0.05) is 18.2 Å². The van der Waals surface area contributed by atoms with Crippen molar-refractivity contribution in [1.82, 2.24) is 5.32 Å². The summed E-state index contributed by atoms with van der Waals surface area (Å²) in [5.41, 5.74) is 5.96. The third-order valence-corrected chi connectivity index (χ3v) is 2.17. The second kappa shape index (κ2) is 7.62. The molecule has 3 N–H and O–H groups in total. The van der Waals surface area contributed by atoms with Crippen molar-refractivity contribution < 1.29 is 9.72 Å². The molecule has 0 aliphatic rings. The average molecular weight is 274 g/mol. The van der Waals surface area contributed by atoms with Crippen LogP contribution in [0.2, 0.25) is 0 Å². The van der Waals surface area contributed by atoms with E-state index in [1.165, 1.54) is 6.07 Å². The Bertz CT molecular complexity index is 424. The number of carbonyl (C=O) groups is 1. The van der Waals surface area contributed by atoms with Crippen LogP contribution < -0.4 is 11.1 Å². The molecular weight excluding hydrogens is 258 g/mol. The van der Waals surface area contributed by atoms with Crippen LogP contribution in [0.3, 0.4) is 0 Å². The maximum absolute atomic E-state index is 11.3. The molecule has 0 bridgehead atoms. The predicted molar refractivity (Wildman–Crippen MR) is 70.5 cm³/mol. The first-order valence-corrected chi connectivity index (χ1v) is 5.25. The standard InChI is InChI=1S/C11H15N3O3.ClH/c1-8(12)6-11(15)13-7-9-4-2-3-5-10(9)14(16)17;/h2-5,8H,6-7,12H2,1H3,(H,13,15);1H. The Labute approximate surface area is 111 Å². The van der Waals surface area contributed by atoms with Gasteiger partial charge in [-0.25, -0.2) is 0 Å². The molecule has 1 atom stereocenters. The number of nitrogens with two attached hydrogens (primary N) is 1. The van der Waals surface area contributed by atoms with Crippen molar-refractivity contribution in [3.8, 4) is 0 Å². The van der Waals surface area contributed by atoms with Gasteiger partial charge < -0.3 is 11.1 Å². The number of benzene rings is 1. The van der Waals surface area contributed by atoms with Gasteiger partial charge in [0.1, 0.15) is 0 Å². The molecule has 0 spiro atoms. The topological polar surface area (TPSA) is 98.3 Å². The fraction of sp³-hybridized carbons (Fsp3) is 0.364. The Kier molecular flexibility index (Phi) is 6.92. The smallest absolute Gasteiger partial charge is 0.274 e. The fourth-order valence-corrected chi connectivity index (χ4v) is 1.40.